The average molecular weight is 263 g/mol. The number of halogens is 1. The van der Waals surface area contributed by atoms with E-state index >= 15 is 0 Å². The standard InChI is InChI=1S/C14H14FNO3/c1-9(18-2)8-19-11-4-3-10-5-12(15)14(7-17)16-13(10)6-11/h3-7,9H,8H2,1-2H3/t9-/m1/s1. The third-order valence-corrected chi connectivity index (χ3v) is 2.77. The number of carbonyl (C=O) groups excluding carboxylic acids is 1. The number of pyridine rings is 1. The molecule has 0 bridgehead atoms. The van der Waals surface area contributed by atoms with Crippen molar-refractivity contribution in [3.05, 3.63) is 35.8 Å². The normalized spacial score (nSPS) is 12.4. The number of hydrogen-bond donors (Lipinski definition) is 0. The number of rotatable bonds is 5. The molecular weight excluding hydrogens is 249 g/mol. The first kappa shape index (κ1) is 13.4. The number of benzene rings is 1. The molecule has 0 radical (unpaired) electrons. The Morgan fingerprint density at radius 3 is 2.89 bits per heavy atom. The third kappa shape index (κ3) is 3.06. The Morgan fingerprint density at radius 1 is 1.42 bits per heavy atom. The van der Waals surface area contributed by atoms with Crippen molar-refractivity contribution in [2.24, 2.45) is 0 Å². The van der Waals surface area contributed by atoms with E-state index in [1.165, 1.54) is 6.07 Å². The van der Waals surface area contributed by atoms with E-state index in [1.54, 1.807) is 25.3 Å². The summed E-state index contributed by atoms with van der Waals surface area (Å²) in [7, 11) is 1.61. The SMILES string of the molecule is CO[C@H](C)COc1ccc2cc(F)c(C=O)nc2c1. The Morgan fingerprint density at radius 2 is 2.21 bits per heavy atom. The van der Waals surface area contributed by atoms with E-state index in [0.717, 1.165) is 0 Å². The van der Waals surface area contributed by atoms with E-state index in [9.17, 15) is 9.18 Å². The molecule has 4 nitrogen and oxygen atoms in total. The predicted molar refractivity (Wildman–Crippen MR) is 69.1 cm³/mol. The molecular formula is C14H14FNO3. The van der Waals surface area contributed by atoms with E-state index < -0.39 is 5.82 Å². The third-order valence-electron chi connectivity index (χ3n) is 2.77. The first-order valence-corrected chi connectivity index (χ1v) is 5.85. The lowest BCUT2D eigenvalue weighted by molar-refractivity contribution is 0.0717. The number of hydrogen-bond acceptors (Lipinski definition) is 4. The maximum absolute atomic E-state index is 13.4. The van der Waals surface area contributed by atoms with Gasteiger partial charge in [-0.15, -0.1) is 0 Å². The Hall–Kier alpha value is -2.01. The van der Waals surface area contributed by atoms with Gasteiger partial charge in [0.25, 0.3) is 0 Å². The molecule has 1 aromatic heterocycles. The number of ether oxygens (including phenoxy) is 2. The van der Waals surface area contributed by atoms with E-state index in [1.807, 2.05) is 6.92 Å². The van der Waals surface area contributed by atoms with Crippen LogP contribution in [-0.4, -0.2) is 31.1 Å². The lowest BCUT2D eigenvalue weighted by Crippen LogP contribution is -2.15. The summed E-state index contributed by atoms with van der Waals surface area (Å²) in [5.41, 5.74) is 0.320. The molecule has 2 rings (SSSR count). The van der Waals surface area contributed by atoms with E-state index in [2.05, 4.69) is 4.98 Å². The fourth-order valence-corrected chi connectivity index (χ4v) is 1.59. The van der Waals surface area contributed by atoms with Crippen LogP contribution in [0.1, 0.15) is 17.4 Å². The van der Waals surface area contributed by atoms with Gasteiger partial charge < -0.3 is 9.47 Å². The van der Waals surface area contributed by atoms with Crippen LogP contribution in [0.25, 0.3) is 10.9 Å². The van der Waals surface area contributed by atoms with Crippen LogP contribution in [0.15, 0.2) is 24.3 Å². The van der Waals surface area contributed by atoms with Crippen LogP contribution in [0.3, 0.4) is 0 Å². The summed E-state index contributed by atoms with van der Waals surface area (Å²) in [6.45, 7) is 2.29. The van der Waals surface area contributed by atoms with Crippen LogP contribution >= 0.6 is 0 Å². The molecule has 0 saturated carbocycles. The molecule has 2 aromatic rings. The van der Waals surface area contributed by atoms with Gasteiger partial charge in [-0.2, -0.15) is 0 Å². The molecule has 0 aliphatic rings. The highest BCUT2D eigenvalue weighted by atomic mass is 19.1. The van der Waals surface area contributed by atoms with Crippen molar-refractivity contribution >= 4 is 17.2 Å². The van der Waals surface area contributed by atoms with Gasteiger partial charge in [-0.3, -0.25) is 4.79 Å². The van der Waals surface area contributed by atoms with Crippen LogP contribution in [-0.2, 0) is 4.74 Å². The highest BCUT2D eigenvalue weighted by Gasteiger charge is 2.07. The molecule has 0 fully saturated rings. The number of methoxy groups -OCH3 is 1. The highest BCUT2D eigenvalue weighted by Crippen LogP contribution is 2.21. The summed E-state index contributed by atoms with van der Waals surface area (Å²) in [4.78, 5) is 14.6. The van der Waals surface area contributed by atoms with Gasteiger partial charge in [0.15, 0.2) is 12.1 Å². The maximum atomic E-state index is 13.4. The van der Waals surface area contributed by atoms with Crippen LogP contribution < -0.4 is 4.74 Å². The van der Waals surface area contributed by atoms with Crippen molar-refractivity contribution in [3.63, 3.8) is 0 Å². The number of aromatic nitrogens is 1. The summed E-state index contributed by atoms with van der Waals surface area (Å²) in [6.07, 6.45) is 0.373. The second-order valence-electron chi connectivity index (χ2n) is 4.19. The van der Waals surface area contributed by atoms with E-state index in [4.69, 9.17) is 9.47 Å². The zero-order chi connectivity index (χ0) is 13.8. The lowest BCUT2D eigenvalue weighted by Gasteiger charge is -2.11. The van der Waals surface area contributed by atoms with Crippen LogP contribution in [0.5, 0.6) is 5.75 Å². The molecule has 0 aliphatic heterocycles. The van der Waals surface area contributed by atoms with E-state index in [-0.39, 0.29) is 11.8 Å². The van der Waals surface area contributed by atoms with Gasteiger partial charge in [-0.25, -0.2) is 9.37 Å². The van der Waals surface area contributed by atoms with Gasteiger partial charge in [0.2, 0.25) is 0 Å². The predicted octanol–water partition coefficient (Wildman–Crippen LogP) is 2.60. The molecule has 0 spiro atoms. The topological polar surface area (TPSA) is 48.4 Å². The fourth-order valence-electron chi connectivity index (χ4n) is 1.59. The molecule has 0 N–H and O–H groups in total. The van der Waals surface area contributed by atoms with Crippen LogP contribution in [0.4, 0.5) is 4.39 Å². The van der Waals surface area contributed by atoms with E-state index in [0.29, 0.717) is 29.5 Å². The second kappa shape index (κ2) is 5.75. The minimum atomic E-state index is -0.621. The molecule has 1 atom stereocenters. The number of aldehydes is 1. The molecule has 100 valence electrons. The number of fused-ring (bicyclic) bond motifs is 1. The molecule has 5 heteroatoms. The van der Waals surface area contributed by atoms with Gasteiger partial charge in [0, 0.05) is 18.6 Å². The summed E-state index contributed by atoms with van der Waals surface area (Å²) in [5, 5.41) is 0.621. The van der Waals surface area contributed by atoms with Crippen molar-refractivity contribution in [1.82, 2.24) is 4.98 Å². The van der Waals surface area contributed by atoms with Gasteiger partial charge in [-0.05, 0) is 25.1 Å². The van der Waals surface area contributed by atoms with Gasteiger partial charge in [0.05, 0.1) is 11.6 Å². The quantitative estimate of drug-likeness (QED) is 0.778. The van der Waals surface area contributed by atoms with Crippen molar-refractivity contribution in [1.29, 1.82) is 0 Å². The molecule has 1 heterocycles. The minimum absolute atomic E-state index is 0.0255. The van der Waals surface area contributed by atoms with Crippen molar-refractivity contribution in [3.8, 4) is 5.75 Å². The van der Waals surface area contributed by atoms with Gasteiger partial charge in [-0.1, -0.05) is 0 Å². The molecule has 0 amide bonds. The lowest BCUT2D eigenvalue weighted by atomic mass is 10.2. The van der Waals surface area contributed by atoms with Crippen LogP contribution in [0, 0.1) is 5.82 Å². The molecule has 19 heavy (non-hydrogen) atoms. The Labute approximate surface area is 110 Å². The molecule has 0 unspecified atom stereocenters. The Bertz CT molecular complexity index is 601. The van der Waals surface area contributed by atoms with Crippen molar-refractivity contribution in [2.75, 3.05) is 13.7 Å². The Balaban J connectivity index is 2.29. The fraction of sp³-hybridized carbons (Fsp3) is 0.286. The highest BCUT2D eigenvalue weighted by molar-refractivity contribution is 5.84. The zero-order valence-corrected chi connectivity index (χ0v) is 10.7. The van der Waals surface area contributed by atoms with Crippen molar-refractivity contribution in [2.45, 2.75) is 13.0 Å². The van der Waals surface area contributed by atoms with Gasteiger partial charge in [0.1, 0.15) is 18.1 Å². The molecule has 0 aliphatic carbocycles. The van der Waals surface area contributed by atoms with Crippen molar-refractivity contribution < 1.29 is 18.7 Å². The number of nitrogens with zero attached hydrogens (tertiary/aromatic N) is 1. The smallest absolute Gasteiger partial charge is 0.171 e. The minimum Gasteiger partial charge on any atom is -0.491 e. The molecule has 1 aromatic carbocycles. The Kier molecular flexibility index (Phi) is 4.06. The summed E-state index contributed by atoms with van der Waals surface area (Å²) in [5.74, 6) is -0.0171. The first-order valence-electron chi connectivity index (χ1n) is 5.85. The number of carbonyl (C=O) groups is 1. The monoisotopic (exact) mass is 263 g/mol. The summed E-state index contributed by atoms with van der Waals surface area (Å²) < 4.78 is 24.0. The summed E-state index contributed by atoms with van der Waals surface area (Å²) >= 11 is 0. The molecule has 0 saturated heterocycles. The second-order valence-corrected chi connectivity index (χ2v) is 4.19. The maximum Gasteiger partial charge on any atom is 0.171 e. The summed E-state index contributed by atoms with van der Waals surface area (Å²) in [6, 6.07) is 6.39. The van der Waals surface area contributed by atoms with Gasteiger partial charge >= 0.3 is 0 Å². The largest absolute Gasteiger partial charge is 0.491 e. The van der Waals surface area contributed by atoms with Crippen LogP contribution in [0.2, 0.25) is 0 Å². The zero-order valence-electron chi connectivity index (χ0n) is 10.7. The average Bonchev–Trinajstić information content (AvgIpc) is 2.43. The first-order chi connectivity index (χ1) is 9.13.